The Morgan fingerprint density at radius 1 is 1.17 bits per heavy atom. The van der Waals surface area contributed by atoms with E-state index in [2.05, 4.69) is 4.90 Å². The highest BCUT2D eigenvalue weighted by Gasteiger charge is 2.42. The van der Waals surface area contributed by atoms with Crippen molar-refractivity contribution in [1.29, 1.82) is 0 Å². The van der Waals surface area contributed by atoms with E-state index in [0.29, 0.717) is 41.9 Å². The Balaban J connectivity index is 1.30. The highest BCUT2D eigenvalue weighted by molar-refractivity contribution is 7.89. The van der Waals surface area contributed by atoms with E-state index < -0.39 is 16.1 Å². The largest absolute Gasteiger partial charge is 0.488 e. The molecule has 8 nitrogen and oxygen atoms in total. The molecule has 0 spiro atoms. The number of sulfonamides is 1. The molecule has 9 heteroatoms. The van der Waals surface area contributed by atoms with Crippen LogP contribution in [0.5, 0.6) is 17.2 Å². The van der Waals surface area contributed by atoms with Gasteiger partial charge in [-0.1, -0.05) is 0 Å². The van der Waals surface area contributed by atoms with Gasteiger partial charge >= 0.3 is 0 Å². The van der Waals surface area contributed by atoms with Gasteiger partial charge in [-0.15, -0.1) is 0 Å². The Kier molecular flexibility index (Phi) is 5.92. The second-order valence-electron chi connectivity index (χ2n) is 8.44. The van der Waals surface area contributed by atoms with Crippen molar-refractivity contribution in [3.63, 3.8) is 0 Å². The first-order valence-electron chi connectivity index (χ1n) is 10.2. The maximum atomic E-state index is 11.9. The predicted molar refractivity (Wildman–Crippen MR) is 108 cm³/mol. The Morgan fingerprint density at radius 2 is 1.90 bits per heavy atom. The highest BCUT2D eigenvalue weighted by Crippen LogP contribution is 2.40. The van der Waals surface area contributed by atoms with Crippen molar-refractivity contribution in [3.8, 4) is 17.2 Å². The van der Waals surface area contributed by atoms with Gasteiger partial charge in [-0.2, -0.15) is 0 Å². The average Bonchev–Trinajstić information content (AvgIpc) is 3.27. The summed E-state index contributed by atoms with van der Waals surface area (Å²) in [6.45, 7) is 2.84. The minimum Gasteiger partial charge on any atom is -0.488 e. The van der Waals surface area contributed by atoms with E-state index in [0.717, 1.165) is 26.1 Å². The van der Waals surface area contributed by atoms with Gasteiger partial charge in [-0.25, -0.2) is 12.7 Å². The van der Waals surface area contributed by atoms with E-state index in [4.69, 9.17) is 14.2 Å². The molecule has 2 aliphatic heterocycles. The molecule has 2 heterocycles. The van der Waals surface area contributed by atoms with Gasteiger partial charge in [0.2, 0.25) is 16.8 Å². The van der Waals surface area contributed by atoms with Gasteiger partial charge < -0.3 is 24.2 Å². The lowest BCUT2D eigenvalue weighted by Crippen LogP contribution is -2.42. The minimum atomic E-state index is -3.14. The number of nitrogens with zero attached hydrogens (tertiary/aromatic N) is 2. The number of fused-ring (bicyclic) bond motifs is 2. The molecule has 0 radical (unpaired) electrons. The summed E-state index contributed by atoms with van der Waals surface area (Å²) in [6.07, 6.45) is 1.39. The molecule has 4 atom stereocenters. The van der Waals surface area contributed by atoms with Crippen molar-refractivity contribution in [1.82, 2.24) is 9.21 Å². The fourth-order valence-electron chi connectivity index (χ4n) is 4.57. The molecule has 3 aliphatic rings. The number of hydrogen-bond donors (Lipinski definition) is 1. The summed E-state index contributed by atoms with van der Waals surface area (Å²) in [7, 11) is -0.00307. The highest BCUT2D eigenvalue weighted by atomic mass is 32.2. The number of hydrogen-bond acceptors (Lipinski definition) is 7. The average molecular weight is 427 g/mol. The summed E-state index contributed by atoms with van der Waals surface area (Å²) in [5.41, 5.74) is 0. The molecule has 0 aromatic heterocycles. The van der Waals surface area contributed by atoms with E-state index in [-0.39, 0.29) is 18.6 Å². The molecule has 1 N–H and O–H groups in total. The fraction of sp³-hybridized carbons (Fsp3) is 0.700. The van der Waals surface area contributed by atoms with Crippen LogP contribution in [0.25, 0.3) is 0 Å². The predicted octanol–water partition coefficient (Wildman–Crippen LogP) is 1.15. The minimum absolute atomic E-state index is 0.171. The molecule has 1 saturated heterocycles. The summed E-state index contributed by atoms with van der Waals surface area (Å²) in [6, 6.07) is 5.49. The molecular weight excluding hydrogens is 396 g/mol. The molecule has 2 fully saturated rings. The molecular formula is C20H30N2O6S. The zero-order valence-electron chi connectivity index (χ0n) is 17.0. The van der Waals surface area contributed by atoms with Gasteiger partial charge in [0.05, 0.1) is 11.9 Å². The van der Waals surface area contributed by atoms with Crippen LogP contribution in [0.4, 0.5) is 0 Å². The van der Waals surface area contributed by atoms with Crippen molar-refractivity contribution in [2.75, 3.05) is 46.3 Å². The van der Waals surface area contributed by atoms with Gasteiger partial charge in [-0.05, 0) is 49.8 Å². The van der Waals surface area contributed by atoms with Crippen LogP contribution in [-0.4, -0.2) is 81.2 Å². The van der Waals surface area contributed by atoms with Crippen LogP contribution in [0.15, 0.2) is 18.2 Å². The first-order chi connectivity index (χ1) is 13.8. The first-order valence-corrected chi connectivity index (χ1v) is 11.8. The van der Waals surface area contributed by atoms with Crippen molar-refractivity contribution in [3.05, 3.63) is 18.2 Å². The van der Waals surface area contributed by atoms with E-state index >= 15 is 0 Å². The van der Waals surface area contributed by atoms with Crippen molar-refractivity contribution in [2.45, 2.75) is 31.5 Å². The van der Waals surface area contributed by atoms with Crippen LogP contribution in [0, 0.1) is 11.8 Å². The summed E-state index contributed by atoms with van der Waals surface area (Å²) in [4.78, 5) is 2.33. The third kappa shape index (κ3) is 4.63. The van der Waals surface area contributed by atoms with Crippen molar-refractivity contribution >= 4 is 10.0 Å². The molecule has 0 unspecified atom stereocenters. The zero-order valence-corrected chi connectivity index (χ0v) is 17.8. The van der Waals surface area contributed by atoms with Crippen LogP contribution in [0.3, 0.4) is 0 Å². The lowest BCUT2D eigenvalue weighted by Gasteiger charge is -2.35. The van der Waals surface area contributed by atoms with Crippen LogP contribution < -0.4 is 14.2 Å². The molecule has 0 bridgehead atoms. The third-order valence-electron chi connectivity index (χ3n) is 6.23. The topological polar surface area (TPSA) is 88.5 Å². The van der Waals surface area contributed by atoms with Crippen LogP contribution in [0.2, 0.25) is 0 Å². The molecule has 0 amide bonds. The summed E-state index contributed by atoms with van der Waals surface area (Å²) >= 11 is 0. The Labute approximate surface area is 172 Å². The molecule has 1 aromatic rings. The Hall–Kier alpha value is -1.55. The smallest absolute Gasteiger partial charge is 0.231 e. The van der Waals surface area contributed by atoms with E-state index in [1.807, 2.05) is 18.2 Å². The molecule has 1 aliphatic carbocycles. The summed E-state index contributed by atoms with van der Waals surface area (Å²) in [5, 5.41) is 10.6. The second-order valence-corrected chi connectivity index (χ2v) is 10.7. The summed E-state index contributed by atoms with van der Waals surface area (Å²) < 4.78 is 42.0. The Morgan fingerprint density at radius 3 is 2.66 bits per heavy atom. The maximum Gasteiger partial charge on any atom is 0.231 e. The normalized spacial score (nSPS) is 29.2. The maximum absolute atomic E-state index is 11.9. The van der Waals surface area contributed by atoms with Gasteiger partial charge in [0.1, 0.15) is 11.9 Å². The number of rotatable bonds is 7. The molecule has 29 heavy (non-hydrogen) atoms. The fourth-order valence-corrected chi connectivity index (χ4v) is 5.43. The lowest BCUT2D eigenvalue weighted by molar-refractivity contribution is -0.0232. The second kappa shape index (κ2) is 8.29. The number of aliphatic hydroxyl groups excluding tert-OH is 1. The number of likely N-dealkylation sites (tertiary alicyclic amines) is 1. The van der Waals surface area contributed by atoms with Gasteiger partial charge in [0, 0.05) is 33.3 Å². The van der Waals surface area contributed by atoms with Gasteiger partial charge in [0.25, 0.3) is 0 Å². The van der Waals surface area contributed by atoms with E-state index in [1.54, 1.807) is 14.1 Å². The molecule has 1 aromatic carbocycles. The van der Waals surface area contributed by atoms with Crippen molar-refractivity contribution in [2.24, 2.45) is 11.8 Å². The molecule has 4 rings (SSSR count). The van der Waals surface area contributed by atoms with Crippen LogP contribution in [-0.2, 0) is 10.0 Å². The standard InChI is InChI=1S/C20H30N2O6S/c1-21(2)29(24,25)7-3-6-22-11-14-8-17(23)19(9-15(14)12-22)28-16-4-5-18-20(10-16)27-13-26-18/h4-5,10,14-15,17,19,23H,3,6-9,11-13H2,1-2H3/t14-,15+,17+,19+/m0/s1. The first kappa shape index (κ1) is 20.7. The van der Waals surface area contributed by atoms with Crippen LogP contribution >= 0.6 is 0 Å². The van der Waals surface area contributed by atoms with Gasteiger partial charge in [-0.3, -0.25) is 0 Å². The molecule has 162 valence electrons. The summed E-state index contributed by atoms with van der Waals surface area (Å²) in [5.74, 6) is 3.13. The molecule has 1 saturated carbocycles. The van der Waals surface area contributed by atoms with E-state index in [9.17, 15) is 13.5 Å². The lowest BCUT2D eigenvalue weighted by atomic mass is 9.78. The monoisotopic (exact) mass is 426 g/mol. The number of aliphatic hydroxyl groups is 1. The quantitative estimate of drug-likeness (QED) is 0.700. The van der Waals surface area contributed by atoms with Crippen LogP contribution in [0.1, 0.15) is 19.3 Å². The van der Waals surface area contributed by atoms with Gasteiger partial charge in [0.15, 0.2) is 11.5 Å². The van der Waals surface area contributed by atoms with E-state index in [1.165, 1.54) is 4.31 Å². The number of ether oxygens (including phenoxy) is 3. The number of benzene rings is 1. The Bertz CT molecular complexity index is 830. The SMILES string of the molecule is CN(C)S(=O)(=O)CCCN1C[C@H]2C[C@@H](Oc3ccc4c(c3)OCO4)[C@H](O)C[C@H]2C1. The zero-order chi connectivity index (χ0) is 20.6. The third-order valence-corrected chi connectivity index (χ3v) is 8.14. The van der Waals surface area contributed by atoms with Crippen molar-refractivity contribution < 1.29 is 27.7 Å².